The Morgan fingerprint density at radius 1 is 0.510 bits per heavy atom. The molecule has 6 aromatic carbocycles. The van der Waals surface area contributed by atoms with E-state index >= 15 is 0 Å². The van der Waals surface area contributed by atoms with E-state index in [0.717, 1.165) is 35.7 Å². The highest BCUT2D eigenvalue weighted by Gasteiger charge is 2.26. The van der Waals surface area contributed by atoms with Gasteiger partial charge < -0.3 is 31.7 Å². The third kappa shape index (κ3) is 20.9. The van der Waals surface area contributed by atoms with E-state index in [1.54, 1.807) is 12.1 Å². The summed E-state index contributed by atoms with van der Waals surface area (Å²) in [6, 6.07) is 22.1. The Morgan fingerprint density at radius 2 is 1.01 bits per heavy atom. The third-order valence-corrected chi connectivity index (χ3v) is 21.1. The van der Waals surface area contributed by atoms with Crippen LogP contribution in [0.1, 0.15) is 0 Å². The fourth-order valence-electron chi connectivity index (χ4n) is 8.31. The number of sulfone groups is 2. The molecule has 0 spiro atoms. The Labute approximate surface area is 576 Å². The second-order valence-electron chi connectivity index (χ2n) is 19.0. The summed E-state index contributed by atoms with van der Waals surface area (Å²) in [5.74, 6) is -2.64. The minimum atomic E-state index is -5.07. The molecule has 0 fully saturated rings. The maximum absolute atomic E-state index is 12.9. The van der Waals surface area contributed by atoms with Crippen molar-refractivity contribution in [2.75, 3.05) is 75.9 Å². The number of aromatic hydroxyl groups is 1. The Morgan fingerprint density at radius 3 is 1.50 bits per heavy atom. The molecule has 9 aromatic rings. The average molecular weight is 1570 g/mol. The summed E-state index contributed by atoms with van der Waals surface area (Å²) < 4.78 is 197. The van der Waals surface area contributed by atoms with Crippen LogP contribution in [0.2, 0.25) is 10.6 Å². The highest BCUT2D eigenvalue weighted by atomic mass is 35.5. The molecule has 0 bridgehead atoms. The zero-order valence-corrected chi connectivity index (χ0v) is 57.4. The summed E-state index contributed by atoms with van der Waals surface area (Å²) in [6.07, 6.45) is 0. The molecular weight excluding hydrogens is 1520 g/mol. The second-order valence-corrected chi connectivity index (χ2v) is 31.7. The molecule has 0 aliphatic rings. The number of rotatable bonds is 33. The van der Waals surface area contributed by atoms with Crippen molar-refractivity contribution in [3.05, 3.63) is 114 Å². The summed E-state index contributed by atoms with van der Waals surface area (Å²) in [5.41, 5.74) is -0.645. The third-order valence-electron chi connectivity index (χ3n) is 12.3. The van der Waals surface area contributed by atoms with E-state index in [1.165, 1.54) is 78.9 Å². The quantitative estimate of drug-likeness (QED) is 0.00356. The van der Waals surface area contributed by atoms with E-state index in [-0.39, 0.29) is 135 Å². The number of fused-ring (bicyclic) bond motifs is 2. The average Bonchev–Trinajstić information content (AvgIpc) is 0.764. The van der Waals surface area contributed by atoms with Gasteiger partial charge in [0.05, 0.1) is 62.0 Å². The number of benzene rings is 6. The lowest BCUT2D eigenvalue weighted by atomic mass is 10.1. The number of phenolic OH excluding ortho intramolecular Hbond substituents is 1. The molecule has 0 radical (unpaired) electrons. The standard InChI is InChI=1S/C49H44Cl2N16O22S9/c50-41-57-43(61-45(59-41)54-28-6-10-30(11-7-28)93(70,71)21-17-86-97(80,81)82)52-15-19-90-48-63-47(64-49(65-48)91-20-16-53-44-58-42(51)60-46(62-44)55-29-8-12-31(13-9-29)94(72,73)22-18-87-98(83,84)85)56-35-25-32(95(74,75)76)23-27-24-36(92-89-88-69)38(39(68)37(27)35)67-66-34-14-5-26-3-1-2-4-33(26)40(34)96(77,78)79/h1-14,23-25,68-69H,15-22H2,(H,74,75,76)(H,77,78,79)(H,80,81,82)(H,83,84,85)(H,56,63,64,65)(H2,52,54,57,59,61)(H2,53,55,58,60,62). The van der Waals surface area contributed by atoms with Crippen molar-refractivity contribution in [2.24, 2.45) is 10.2 Å². The number of thioether (sulfide) groups is 2. The van der Waals surface area contributed by atoms with Crippen molar-refractivity contribution < 1.29 is 96.8 Å². The molecule has 49 heteroatoms. The molecule has 38 nitrogen and oxygen atoms in total. The lowest BCUT2D eigenvalue weighted by molar-refractivity contribution is -0.432. The molecule has 0 saturated carbocycles. The molecule has 0 saturated heterocycles. The van der Waals surface area contributed by atoms with E-state index < -0.39 is 112 Å². The van der Waals surface area contributed by atoms with Gasteiger partial charge in [0.1, 0.15) is 16.3 Å². The van der Waals surface area contributed by atoms with Gasteiger partial charge in [-0.2, -0.15) is 78.5 Å². The summed E-state index contributed by atoms with van der Waals surface area (Å²) in [5, 5.41) is 47.3. The van der Waals surface area contributed by atoms with Crippen molar-refractivity contribution in [1.29, 1.82) is 0 Å². The van der Waals surface area contributed by atoms with Gasteiger partial charge in [0, 0.05) is 46.7 Å². The zero-order valence-electron chi connectivity index (χ0n) is 48.5. The van der Waals surface area contributed by atoms with E-state index in [9.17, 15) is 64.7 Å². The normalized spacial score (nSPS) is 12.5. The van der Waals surface area contributed by atoms with E-state index in [2.05, 4.69) is 99.4 Å². The van der Waals surface area contributed by atoms with Gasteiger partial charge in [0.15, 0.2) is 35.7 Å². The van der Waals surface area contributed by atoms with Gasteiger partial charge in [-0.05, 0) is 107 Å². The van der Waals surface area contributed by atoms with Crippen LogP contribution < -0.4 is 26.6 Å². The number of nitrogens with zero attached hydrogens (tertiary/aromatic N) is 11. The zero-order chi connectivity index (χ0) is 70.8. The minimum absolute atomic E-state index is 0.0165. The molecule has 0 unspecified atom stereocenters. The number of hydrogen-bond donors (Lipinski definition) is 11. The van der Waals surface area contributed by atoms with Gasteiger partial charge in [-0.3, -0.25) is 18.2 Å². The van der Waals surface area contributed by atoms with Crippen molar-refractivity contribution in [2.45, 2.75) is 34.8 Å². The van der Waals surface area contributed by atoms with Crippen LogP contribution in [-0.4, -0.2) is 173 Å². The van der Waals surface area contributed by atoms with Gasteiger partial charge in [-0.15, -0.1) is 14.6 Å². The van der Waals surface area contributed by atoms with Gasteiger partial charge in [0.2, 0.25) is 40.3 Å². The Bertz CT molecular complexity index is 5060. The molecule has 9 rings (SSSR count). The van der Waals surface area contributed by atoms with Gasteiger partial charge in [-0.1, -0.05) is 58.9 Å². The smallest absolute Gasteiger partial charge is 0.397 e. The maximum Gasteiger partial charge on any atom is 0.397 e. The molecular formula is C49H44Cl2N16O22S9. The molecule has 11 N–H and O–H groups in total. The Balaban J connectivity index is 0.979. The van der Waals surface area contributed by atoms with Crippen LogP contribution in [0.25, 0.3) is 21.5 Å². The van der Waals surface area contributed by atoms with Crippen LogP contribution >= 0.6 is 58.8 Å². The highest BCUT2D eigenvalue weighted by Crippen LogP contribution is 2.48. The number of anilines is 8. The monoisotopic (exact) mass is 1570 g/mol. The molecule has 520 valence electrons. The molecule has 3 aromatic heterocycles. The molecule has 98 heavy (non-hydrogen) atoms. The highest BCUT2D eigenvalue weighted by molar-refractivity contribution is 7.99. The van der Waals surface area contributed by atoms with Crippen molar-refractivity contribution >= 4 is 199 Å². The van der Waals surface area contributed by atoms with E-state index in [4.69, 9.17) is 37.6 Å². The summed E-state index contributed by atoms with van der Waals surface area (Å²) >= 11 is 14.8. The largest absolute Gasteiger partial charge is 0.505 e. The first kappa shape index (κ1) is 74.5. The Hall–Kier alpha value is -7.76. The number of nitrogens with one attached hydrogen (secondary N) is 5. The van der Waals surface area contributed by atoms with E-state index in [1.807, 2.05) is 0 Å². The first-order valence-corrected chi connectivity index (χ1v) is 39.0. The minimum Gasteiger partial charge on any atom is -0.505 e. The van der Waals surface area contributed by atoms with Crippen molar-refractivity contribution in [3.8, 4) is 5.75 Å². The number of hydrogen-bond acceptors (Lipinski definition) is 37. The number of azo groups is 1. The van der Waals surface area contributed by atoms with Gasteiger partial charge in [-0.25, -0.2) is 30.5 Å². The first-order chi connectivity index (χ1) is 46.2. The molecule has 0 amide bonds. The summed E-state index contributed by atoms with van der Waals surface area (Å²) in [4.78, 5) is 36.5. The predicted molar refractivity (Wildman–Crippen MR) is 354 cm³/mol. The fraction of sp³-hybridized carbons (Fsp3) is 0.163. The summed E-state index contributed by atoms with van der Waals surface area (Å²) in [6.45, 7) is -1.54. The predicted octanol–water partition coefficient (Wildman–Crippen LogP) is 7.72. The van der Waals surface area contributed by atoms with Crippen LogP contribution in [0.15, 0.2) is 148 Å². The topological polar surface area (TPSA) is 564 Å². The number of aromatic nitrogens is 9. The van der Waals surface area contributed by atoms with Crippen LogP contribution in [-0.2, 0) is 78.4 Å². The van der Waals surface area contributed by atoms with Crippen LogP contribution in [0.4, 0.5) is 58.2 Å². The lowest BCUT2D eigenvalue weighted by Crippen LogP contribution is -2.15. The van der Waals surface area contributed by atoms with Crippen LogP contribution in [0.3, 0.4) is 0 Å². The SMILES string of the molecule is O=S(=O)(O)OCCS(=O)(=O)c1ccc(Nc2nc(Cl)nc(NCCSc3nc(Nc4cc(S(=O)(=O)O)cc5cc(SOOO)c(N=Nc6ccc7ccccc7c6S(=O)(=O)O)c(O)c45)nc(SCCNc4nc(Cl)nc(Nc5ccc(S(=O)(=O)CCOS(=O)(=O)O)cc5)n4)n3)n2)cc1. The van der Waals surface area contributed by atoms with Crippen LogP contribution in [0, 0.1) is 0 Å². The molecule has 0 aliphatic carbocycles. The van der Waals surface area contributed by atoms with Gasteiger partial charge in [0.25, 0.3) is 20.2 Å². The maximum atomic E-state index is 12.9. The summed E-state index contributed by atoms with van der Waals surface area (Å²) in [7, 11) is -27.9. The van der Waals surface area contributed by atoms with Crippen LogP contribution in [0.5, 0.6) is 5.75 Å². The fourth-order valence-corrected chi connectivity index (χ4v) is 14.9. The Kier molecular flexibility index (Phi) is 24.0. The van der Waals surface area contributed by atoms with Crippen molar-refractivity contribution in [3.63, 3.8) is 0 Å². The van der Waals surface area contributed by atoms with E-state index in [0.29, 0.717) is 5.39 Å². The first-order valence-electron chi connectivity index (χ1n) is 26.6. The number of phenols is 1. The molecule has 0 aliphatic heterocycles. The lowest BCUT2D eigenvalue weighted by Gasteiger charge is -2.15. The van der Waals surface area contributed by atoms with Crippen molar-refractivity contribution in [1.82, 2.24) is 44.9 Å². The second kappa shape index (κ2) is 31.6. The van der Waals surface area contributed by atoms with Gasteiger partial charge >= 0.3 is 20.8 Å². The molecule has 3 heterocycles. The molecule has 0 atom stereocenters. The number of halogens is 2.